The molecule has 3 aromatic carbocycles. The average Bonchev–Trinajstić information content (AvgIpc) is 3.06. The third kappa shape index (κ3) is 3.89. The Morgan fingerprint density at radius 2 is 1.87 bits per heavy atom. The van der Waals surface area contributed by atoms with Gasteiger partial charge in [0.2, 0.25) is 6.41 Å². The first-order valence-electron chi connectivity index (χ1n) is 10.1. The molecule has 6 heteroatoms. The molecule has 0 saturated heterocycles. The summed E-state index contributed by atoms with van der Waals surface area (Å²) >= 11 is 0. The van der Waals surface area contributed by atoms with E-state index in [4.69, 9.17) is 4.74 Å². The summed E-state index contributed by atoms with van der Waals surface area (Å²) in [5.41, 5.74) is 2.65. The van der Waals surface area contributed by atoms with Crippen LogP contribution in [0.5, 0.6) is 0 Å². The van der Waals surface area contributed by atoms with Gasteiger partial charge in [-0.05, 0) is 41.5 Å². The van der Waals surface area contributed by atoms with Crippen molar-refractivity contribution in [1.29, 1.82) is 0 Å². The smallest absolute Gasteiger partial charge is 0.355 e. The molecule has 5 nitrogen and oxygen atoms in total. The number of rotatable bonds is 7. The third-order valence-electron chi connectivity index (χ3n) is 5.39. The van der Waals surface area contributed by atoms with E-state index in [1.807, 2.05) is 47.0 Å². The van der Waals surface area contributed by atoms with Gasteiger partial charge in [0.15, 0.2) is 0 Å². The average molecular weight is 418 g/mol. The summed E-state index contributed by atoms with van der Waals surface area (Å²) in [4.78, 5) is 25.7. The zero-order valence-corrected chi connectivity index (χ0v) is 17.5. The lowest BCUT2D eigenvalue weighted by Gasteiger charge is -2.15. The molecule has 0 aliphatic carbocycles. The van der Waals surface area contributed by atoms with E-state index in [-0.39, 0.29) is 13.2 Å². The lowest BCUT2D eigenvalue weighted by molar-refractivity contribution is -0.117. The molecule has 0 N–H and O–H groups in total. The monoisotopic (exact) mass is 418 g/mol. The van der Waals surface area contributed by atoms with Crippen LogP contribution < -0.4 is 0 Å². The van der Waals surface area contributed by atoms with Crippen molar-refractivity contribution in [1.82, 2.24) is 9.47 Å². The van der Waals surface area contributed by atoms with Crippen molar-refractivity contribution >= 4 is 34.1 Å². The van der Waals surface area contributed by atoms with Gasteiger partial charge >= 0.3 is 5.97 Å². The molecule has 0 radical (unpaired) electrons. The second-order valence-corrected chi connectivity index (χ2v) is 7.45. The summed E-state index contributed by atoms with van der Waals surface area (Å²) in [6.45, 7) is 2.53. The second-order valence-electron chi connectivity index (χ2n) is 7.45. The number of fused-ring (bicyclic) bond motifs is 2. The summed E-state index contributed by atoms with van der Waals surface area (Å²) in [6.07, 6.45) is 0.683. The SMILES string of the molecule is CCOC(=O)c1c(CN(C)C=O)c2cc(F)ccc2n1Cc1cccc2ccccc12. The maximum Gasteiger partial charge on any atom is 0.355 e. The minimum Gasteiger partial charge on any atom is -0.461 e. The van der Waals surface area contributed by atoms with Crippen molar-refractivity contribution < 1.29 is 18.7 Å². The predicted molar refractivity (Wildman–Crippen MR) is 118 cm³/mol. The van der Waals surface area contributed by atoms with E-state index in [0.717, 1.165) is 16.3 Å². The van der Waals surface area contributed by atoms with Crippen molar-refractivity contribution in [2.75, 3.05) is 13.7 Å². The van der Waals surface area contributed by atoms with Gasteiger partial charge in [0.1, 0.15) is 11.5 Å². The zero-order valence-electron chi connectivity index (χ0n) is 17.5. The van der Waals surface area contributed by atoms with Crippen LogP contribution in [0.4, 0.5) is 4.39 Å². The van der Waals surface area contributed by atoms with Crippen LogP contribution in [0.2, 0.25) is 0 Å². The molecule has 158 valence electrons. The van der Waals surface area contributed by atoms with E-state index < -0.39 is 11.8 Å². The fourth-order valence-corrected chi connectivity index (χ4v) is 4.04. The molecule has 1 amide bonds. The van der Waals surface area contributed by atoms with E-state index in [2.05, 4.69) is 0 Å². The van der Waals surface area contributed by atoms with Crippen molar-refractivity contribution in [3.63, 3.8) is 0 Å². The molecule has 0 aliphatic rings. The Labute approximate surface area is 179 Å². The Bertz CT molecular complexity index is 1270. The minimum absolute atomic E-state index is 0.167. The summed E-state index contributed by atoms with van der Waals surface area (Å²) in [5, 5.41) is 2.77. The fourth-order valence-electron chi connectivity index (χ4n) is 4.04. The Balaban J connectivity index is 1.97. The standard InChI is InChI=1S/C25H23FN2O3/c1-3-31-25(30)24-22(15-27(2)16-29)21-13-19(26)11-12-23(21)28(24)14-18-9-6-8-17-7-4-5-10-20(17)18/h4-13,16H,3,14-15H2,1-2H3. The highest BCUT2D eigenvalue weighted by Gasteiger charge is 2.25. The highest BCUT2D eigenvalue weighted by Crippen LogP contribution is 2.31. The lowest BCUT2D eigenvalue weighted by Crippen LogP contribution is -2.20. The van der Waals surface area contributed by atoms with Crippen LogP contribution in [0.1, 0.15) is 28.5 Å². The molecule has 31 heavy (non-hydrogen) atoms. The van der Waals surface area contributed by atoms with Crippen LogP contribution in [0.15, 0.2) is 60.7 Å². The molecular weight excluding hydrogens is 395 g/mol. The number of ether oxygens (including phenoxy) is 1. The van der Waals surface area contributed by atoms with Crippen LogP contribution >= 0.6 is 0 Å². The number of aromatic nitrogens is 1. The van der Waals surface area contributed by atoms with Crippen LogP contribution in [-0.2, 0) is 22.6 Å². The number of hydrogen-bond acceptors (Lipinski definition) is 3. The molecule has 4 aromatic rings. The normalized spacial score (nSPS) is 11.1. The summed E-state index contributed by atoms with van der Waals surface area (Å²) < 4.78 is 21.4. The first-order chi connectivity index (χ1) is 15.0. The third-order valence-corrected chi connectivity index (χ3v) is 5.39. The molecular formula is C25H23FN2O3. The summed E-state index contributed by atoms with van der Waals surface area (Å²) in [7, 11) is 1.62. The predicted octanol–water partition coefficient (Wildman–Crippen LogP) is 4.75. The minimum atomic E-state index is -0.492. The van der Waals surface area contributed by atoms with Gasteiger partial charge in [-0.2, -0.15) is 0 Å². The van der Waals surface area contributed by atoms with E-state index in [1.165, 1.54) is 17.0 Å². The van der Waals surface area contributed by atoms with E-state index in [9.17, 15) is 14.0 Å². The number of nitrogens with zero attached hydrogens (tertiary/aromatic N) is 2. The van der Waals surface area contributed by atoms with Gasteiger partial charge < -0.3 is 14.2 Å². The van der Waals surface area contributed by atoms with Gasteiger partial charge in [-0.1, -0.05) is 42.5 Å². The number of amides is 1. The molecule has 4 rings (SSSR count). The topological polar surface area (TPSA) is 51.5 Å². The van der Waals surface area contributed by atoms with Gasteiger partial charge in [-0.15, -0.1) is 0 Å². The van der Waals surface area contributed by atoms with Crippen LogP contribution in [0.25, 0.3) is 21.7 Å². The van der Waals surface area contributed by atoms with Gasteiger partial charge in [0, 0.05) is 36.6 Å². The highest BCUT2D eigenvalue weighted by atomic mass is 19.1. The molecule has 0 spiro atoms. The van der Waals surface area contributed by atoms with Gasteiger partial charge in [-0.3, -0.25) is 4.79 Å². The first kappa shape index (κ1) is 20.6. The molecule has 1 aromatic heterocycles. The Hall–Kier alpha value is -3.67. The molecule has 0 unspecified atom stereocenters. The second kappa shape index (κ2) is 8.60. The van der Waals surface area contributed by atoms with Crippen molar-refractivity contribution in [2.45, 2.75) is 20.0 Å². The number of carbonyl (C=O) groups excluding carboxylic acids is 2. The van der Waals surface area contributed by atoms with Gasteiger partial charge in [0.05, 0.1) is 6.61 Å². The Kier molecular flexibility index (Phi) is 5.71. The summed E-state index contributed by atoms with van der Waals surface area (Å²) in [5.74, 6) is -0.895. The van der Waals surface area contributed by atoms with Crippen LogP contribution in [0.3, 0.4) is 0 Å². The molecule has 0 saturated carbocycles. The molecule has 0 aliphatic heterocycles. The largest absolute Gasteiger partial charge is 0.461 e. The highest BCUT2D eigenvalue weighted by molar-refractivity contribution is 5.99. The number of hydrogen-bond donors (Lipinski definition) is 0. The van der Waals surface area contributed by atoms with Crippen LogP contribution in [-0.4, -0.2) is 35.5 Å². The molecule has 0 bridgehead atoms. The van der Waals surface area contributed by atoms with E-state index in [1.54, 1.807) is 20.0 Å². The van der Waals surface area contributed by atoms with Crippen molar-refractivity contribution in [3.8, 4) is 0 Å². The summed E-state index contributed by atoms with van der Waals surface area (Å²) in [6, 6.07) is 18.5. The maximum absolute atomic E-state index is 14.2. The van der Waals surface area contributed by atoms with Gasteiger partial charge in [0.25, 0.3) is 0 Å². The Morgan fingerprint density at radius 1 is 1.10 bits per heavy atom. The number of carbonyl (C=O) groups is 2. The number of halogens is 1. The molecule has 1 heterocycles. The number of esters is 1. The number of benzene rings is 3. The fraction of sp³-hybridized carbons (Fsp3) is 0.200. The van der Waals surface area contributed by atoms with Gasteiger partial charge in [-0.25, -0.2) is 9.18 Å². The van der Waals surface area contributed by atoms with Crippen molar-refractivity contribution in [3.05, 3.63) is 83.3 Å². The van der Waals surface area contributed by atoms with Crippen LogP contribution in [0, 0.1) is 5.82 Å². The van der Waals surface area contributed by atoms with E-state index in [0.29, 0.717) is 35.1 Å². The first-order valence-corrected chi connectivity index (χ1v) is 10.1. The maximum atomic E-state index is 14.2. The molecule has 0 atom stereocenters. The zero-order chi connectivity index (χ0) is 22.0. The quantitative estimate of drug-likeness (QED) is 0.322. The van der Waals surface area contributed by atoms with E-state index >= 15 is 0 Å². The van der Waals surface area contributed by atoms with Crippen molar-refractivity contribution in [2.24, 2.45) is 0 Å². The lowest BCUT2D eigenvalue weighted by atomic mass is 10.0. The molecule has 0 fully saturated rings. The Morgan fingerprint density at radius 3 is 2.65 bits per heavy atom.